The maximum Gasteiger partial charge on any atom is 0.0992 e. The Balaban J connectivity index is 2.21. The normalized spacial score (nSPS) is 11.6. The van der Waals surface area contributed by atoms with Crippen LogP contribution in [0.25, 0.3) is 0 Å². The summed E-state index contributed by atoms with van der Waals surface area (Å²) in [6.45, 7) is 4.14. The number of nitrogen functional groups attached to an aromatic ring is 1. The average Bonchev–Trinajstić information content (AvgIpc) is 2.42. The topological polar surface area (TPSA) is 61.8 Å². The predicted octanol–water partition coefficient (Wildman–Crippen LogP) is 3.62. The molecule has 96 valence electrons. The van der Waals surface area contributed by atoms with Crippen LogP contribution in [-0.2, 0) is 0 Å². The van der Waals surface area contributed by atoms with E-state index in [1.165, 1.54) is 11.1 Å². The molecular formula is C16H17N3. The first-order valence-electron chi connectivity index (χ1n) is 6.23. The van der Waals surface area contributed by atoms with Gasteiger partial charge in [0.15, 0.2) is 0 Å². The van der Waals surface area contributed by atoms with Gasteiger partial charge in [-0.25, -0.2) is 0 Å². The predicted molar refractivity (Wildman–Crippen MR) is 78.8 cm³/mol. The third-order valence-electron chi connectivity index (χ3n) is 3.13. The zero-order chi connectivity index (χ0) is 13.8. The number of rotatable bonds is 3. The van der Waals surface area contributed by atoms with Gasteiger partial charge in [0.2, 0.25) is 0 Å². The number of anilines is 2. The van der Waals surface area contributed by atoms with Crippen LogP contribution >= 0.6 is 0 Å². The standard InChI is InChI=1S/C16H17N3/c1-11-3-6-14(7-4-11)12(2)19-16-9-13(10-17)5-8-15(16)18/h3-9,12,19H,18H2,1-2H3. The number of benzene rings is 2. The van der Waals surface area contributed by atoms with Crippen LogP contribution in [0.15, 0.2) is 42.5 Å². The first-order valence-corrected chi connectivity index (χ1v) is 6.23. The highest BCUT2D eigenvalue weighted by molar-refractivity contribution is 5.68. The second-order valence-electron chi connectivity index (χ2n) is 4.69. The second-order valence-corrected chi connectivity index (χ2v) is 4.69. The molecular weight excluding hydrogens is 234 g/mol. The molecule has 0 aromatic heterocycles. The van der Waals surface area contributed by atoms with E-state index in [-0.39, 0.29) is 6.04 Å². The number of nitrogens with one attached hydrogen (secondary N) is 1. The molecule has 0 aliphatic rings. The molecule has 2 aromatic carbocycles. The molecule has 2 rings (SSSR count). The maximum absolute atomic E-state index is 8.92. The lowest BCUT2D eigenvalue weighted by Gasteiger charge is -2.17. The Morgan fingerprint density at radius 1 is 1.16 bits per heavy atom. The fourth-order valence-corrected chi connectivity index (χ4v) is 1.92. The quantitative estimate of drug-likeness (QED) is 0.819. The van der Waals surface area contributed by atoms with Gasteiger partial charge >= 0.3 is 0 Å². The SMILES string of the molecule is Cc1ccc(C(C)Nc2cc(C#N)ccc2N)cc1. The highest BCUT2D eigenvalue weighted by atomic mass is 14.9. The minimum Gasteiger partial charge on any atom is -0.397 e. The van der Waals surface area contributed by atoms with E-state index < -0.39 is 0 Å². The number of nitrogens with two attached hydrogens (primary N) is 1. The summed E-state index contributed by atoms with van der Waals surface area (Å²) in [5.74, 6) is 0. The molecule has 0 spiro atoms. The lowest BCUT2D eigenvalue weighted by molar-refractivity contribution is 0.884. The van der Waals surface area contributed by atoms with E-state index in [4.69, 9.17) is 11.0 Å². The van der Waals surface area contributed by atoms with Gasteiger partial charge in [-0.2, -0.15) is 5.26 Å². The minimum atomic E-state index is 0.136. The summed E-state index contributed by atoms with van der Waals surface area (Å²) < 4.78 is 0. The smallest absolute Gasteiger partial charge is 0.0992 e. The van der Waals surface area contributed by atoms with Gasteiger partial charge in [-0.15, -0.1) is 0 Å². The minimum absolute atomic E-state index is 0.136. The van der Waals surface area contributed by atoms with E-state index in [0.717, 1.165) is 5.69 Å². The Labute approximate surface area is 113 Å². The molecule has 0 aliphatic heterocycles. The summed E-state index contributed by atoms with van der Waals surface area (Å²) in [6.07, 6.45) is 0. The van der Waals surface area contributed by atoms with E-state index >= 15 is 0 Å². The first-order chi connectivity index (χ1) is 9.10. The van der Waals surface area contributed by atoms with Gasteiger partial charge in [-0.1, -0.05) is 29.8 Å². The molecule has 0 fully saturated rings. The highest BCUT2D eigenvalue weighted by Crippen LogP contribution is 2.25. The molecule has 3 nitrogen and oxygen atoms in total. The Hall–Kier alpha value is -2.47. The summed E-state index contributed by atoms with van der Waals surface area (Å²) in [5.41, 5.74) is 10.4. The van der Waals surface area contributed by atoms with E-state index in [2.05, 4.69) is 49.5 Å². The van der Waals surface area contributed by atoms with Crippen LogP contribution in [-0.4, -0.2) is 0 Å². The van der Waals surface area contributed by atoms with Gasteiger partial charge in [0, 0.05) is 6.04 Å². The lowest BCUT2D eigenvalue weighted by atomic mass is 10.1. The molecule has 0 amide bonds. The molecule has 0 aliphatic carbocycles. The molecule has 1 atom stereocenters. The first kappa shape index (κ1) is 13.0. The van der Waals surface area contributed by atoms with Gasteiger partial charge in [-0.05, 0) is 37.6 Å². The Bertz CT molecular complexity index is 609. The van der Waals surface area contributed by atoms with Crippen molar-refractivity contribution in [3.8, 4) is 6.07 Å². The van der Waals surface area contributed by atoms with Gasteiger partial charge in [0.25, 0.3) is 0 Å². The van der Waals surface area contributed by atoms with Crippen molar-refractivity contribution >= 4 is 11.4 Å². The van der Waals surface area contributed by atoms with Crippen molar-refractivity contribution in [2.75, 3.05) is 11.1 Å². The summed E-state index contributed by atoms with van der Waals surface area (Å²) in [6, 6.07) is 15.9. The molecule has 19 heavy (non-hydrogen) atoms. The third-order valence-corrected chi connectivity index (χ3v) is 3.13. The van der Waals surface area contributed by atoms with Gasteiger partial charge < -0.3 is 11.1 Å². The number of aryl methyl sites for hydroxylation is 1. The molecule has 0 heterocycles. The largest absolute Gasteiger partial charge is 0.397 e. The van der Waals surface area contributed by atoms with Crippen LogP contribution < -0.4 is 11.1 Å². The number of nitriles is 1. The number of nitrogens with zero attached hydrogens (tertiary/aromatic N) is 1. The number of hydrogen-bond acceptors (Lipinski definition) is 3. The van der Waals surface area contributed by atoms with Crippen LogP contribution in [0, 0.1) is 18.3 Å². The fraction of sp³-hybridized carbons (Fsp3) is 0.188. The van der Waals surface area contributed by atoms with Crippen molar-refractivity contribution in [1.82, 2.24) is 0 Å². The summed E-state index contributed by atoms with van der Waals surface area (Å²) in [7, 11) is 0. The van der Waals surface area contributed by atoms with Crippen molar-refractivity contribution in [1.29, 1.82) is 5.26 Å². The van der Waals surface area contributed by atoms with Crippen LogP contribution in [0.1, 0.15) is 29.7 Å². The molecule has 0 radical (unpaired) electrons. The van der Waals surface area contributed by atoms with Crippen molar-refractivity contribution < 1.29 is 0 Å². The van der Waals surface area contributed by atoms with E-state index in [9.17, 15) is 0 Å². The summed E-state index contributed by atoms with van der Waals surface area (Å²) in [5, 5.41) is 12.3. The van der Waals surface area contributed by atoms with Crippen molar-refractivity contribution in [2.45, 2.75) is 19.9 Å². The third kappa shape index (κ3) is 3.05. The van der Waals surface area contributed by atoms with Gasteiger partial charge in [0.1, 0.15) is 0 Å². The molecule has 0 saturated heterocycles. The van der Waals surface area contributed by atoms with Crippen LogP contribution in [0.4, 0.5) is 11.4 Å². The summed E-state index contributed by atoms with van der Waals surface area (Å²) >= 11 is 0. The van der Waals surface area contributed by atoms with Crippen molar-refractivity contribution in [3.63, 3.8) is 0 Å². The molecule has 0 bridgehead atoms. The lowest BCUT2D eigenvalue weighted by Crippen LogP contribution is -2.08. The van der Waals surface area contributed by atoms with Crippen LogP contribution in [0.2, 0.25) is 0 Å². The van der Waals surface area contributed by atoms with Crippen LogP contribution in [0.3, 0.4) is 0 Å². The Morgan fingerprint density at radius 3 is 2.47 bits per heavy atom. The number of hydrogen-bond donors (Lipinski definition) is 2. The molecule has 1 unspecified atom stereocenters. The Morgan fingerprint density at radius 2 is 1.84 bits per heavy atom. The molecule has 2 aromatic rings. The molecule has 3 N–H and O–H groups in total. The van der Waals surface area contributed by atoms with E-state index in [0.29, 0.717) is 11.3 Å². The van der Waals surface area contributed by atoms with Gasteiger partial charge in [-0.3, -0.25) is 0 Å². The van der Waals surface area contributed by atoms with Crippen molar-refractivity contribution in [3.05, 3.63) is 59.2 Å². The fourth-order valence-electron chi connectivity index (χ4n) is 1.92. The second kappa shape index (κ2) is 5.45. The average molecular weight is 251 g/mol. The molecule has 3 heteroatoms. The Kier molecular flexibility index (Phi) is 3.72. The highest BCUT2D eigenvalue weighted by Gasteiger charge is 2.07. The van der Waals surface area contributed by atoms with Gasteiger partial charge in [0.05, 0.1) is 23.0 Å². The van der Waals surface area contributed by atoms with Crippen LogP contribution in [0.5, 0.6) is 0 Å². The maximum atomic E-state index is 8.92. The van der Waals surface area contributed by atoms with E-state index in [1.54, 1.807) is 18.2 Å². The van der Waals surface area contributed by atoms with Crippen molar-refractivity contribution in [2.24, 2.45) is 0 Å². The monoisotopic (exact) mass is 251 g/mol. The zero-order valence-corrected chi connectivity index (χ0v) is 11.1. The van der Waals surface area contributed by atoms with E-state index in [1.807, 2.05) is 0 Å². The zero-order valence-electron chi connectivity index (χ0n) is 11.1. The summed E-state index contributed by atoms with van der Waals surface area (Å²) in [4.78, 5) is 0. The molecule has 0 saturated carbocycles.